The molecule has 1 aromatic carbocycles. The maximum atomic E-state index is 12.0. The van der Waals surface area contributed by atoms with Gasteiger partial charge < -0.3 is 5.32 Å². The van der Waals surface area contributed by atoms with Crippen molar-refractivity contribution in [2.45, 2.75) is 13.3 Å². The molecule has 6 nitrogen and oxygen atoms in total. The number of carbonyl (C=O) groups is 1. The highest BCUT2D eigenvalue weighted by Gasteiger charge is 2.22. The minimum Gasteiger partial charge on any atom is -0.352 e. The van der Waals surface area contributed by atoms with E-state index in [-0.39, 0.29) is 5.91 Å². The number of nitrogens with zero attached hydrogens (tertiary/aromatic N) is 1. The van der Waals surface area contributed by atoms with Crippen LogP contribution in [-0.2, 0) is 16.6 Å². The molecule has 104 valence electrons. The Kier molecular flexibility index (Phi) is 3.77. The van der Waals surface area contributed by atoms with E-state index in [1.807, 2.05) is 0 Å². The van der Waals surface area contributed by atoms with Crippen LogP contribution in [0.3, 0.4) is 0 Å². The average molecular weight is 283 g/mol. The lowest BCUT2D eigenvalue weighted by Crippen LogP contribution is -2.35. The van der Waals surface area contributed by atoms with Crippen LogP contribution in [0.1, 0.15) is 22.8 Å². The summed E-state index contributed by atoms with van der Waals surface area (Å²) in [6, 6.07) is 5.05. The number of anilines is 1. The van der Waals surface area contributed by atoms with Crippen molar-refractivity contribution in [1.82, 2.24) is 9.62 Å². The van der Waals surface area contributed by atoms with Crippen molar-refractivity contribution in [3.63, 3.8) is 0 Å². The predicted octanol–water partition coefficient (Wildman–Crippen LogP) is 0.581. The van der Waals surface area contributed by atoms with Crippen LogP contribution in [0.5, 0.6) is 0 Å². The smallest absolute Gasteiger partial charge is 0.301 e. The van der Waals surface area contributed by atoms with Crippen LogP contribution >= 0.6 is 0 Å². The molecule has 1 aromatic rings. The van der Waals surface area contributed by atoms with Crippen LogP contribution in [-0.4, -0.2) is 38.8 Å². The number of benzene rings is 1. The molecule has 0 saturated carbocycles. The lowest BCUT2D eigenvalue weighted by Gasteiger charge is -2.22. The molecule has 0 spiro atoms. The van der Waals surface area contributed by atoms with E-state index in [0.29, 0.717) is 30.8 Å². The van der Waals surface area contributed by atoms with Crippen LogP contribution in [0, 0.1) is 0 Å². The lowest BCUT2D eigenvalue weighted by atomic mass is 9.99. The summed E-state index contributed by atoms with van der Waals surface area (Å²) in [5.74, 6) is -0.161. The van der Waals surface area contributed by atoms with E-state index < -0.39 is 10.2 Å². The molecule has 0 aromatic heterocycles. The van der Waals surface area contributed by atoms with Gasteiger partial charge in [-0.25, -0.2) is 0 Å². The minimum atomic E-state index is -3.56. The predicted molar refractivity (Wildman–Crippen MR) is 73.3 cm³/mol. The normalized spacial score (nSPS) is 15.0. The molecule has 0 unspecified atom stereocenters. The van der Waals surface area contributed by atoms with E-state index in [4.69, 9.17) is 0 Å². The zero-order valence-corrected chi connectivity index (χ0v) is 11.8. The first kappa shape index (κ1) is 13.8. The van der Waals surface area contributed by atoms with Crippen molar-refractivity contribution in [2.24, 2.45) is 0 Å². The van der Waals surface area contributed by atoms with Crippen LogP contribution in [0.15, 0.2) is 18.2 Å². The average Bonchev–Trinajstić information content (AvgIpc) is 2.38. The summed E-state index contributed by atoms with van der Waals surface area (Å²) < 4.78 is 27.8. The molecule has 0 atom stereocenters. The maximum absolute atomic E-state index is 12.0. The monoisotopic (exact) mass is 283 g/mol. The van der Waals surface area contributed by atoms with Gasteiger partial charge in [0.1, 0.15) is 0 Å². The van der Waals surface area contributed by atoms with Gasteiger partial charge in [-0.2, -0.15) is 12.7 Å². The fraction of sp³-hybridized carbons (Fsp3) is 0.417. The van der Waals surface area contributed by atoms with E-state index in [1.54, 1.807) is 25.1 Å². The van der Waals surface area contributed by atoms with Crippen molar-refractivity contribution < 1.29 is 13.2 Å². The molecule has 2 rings (SSSR count). The Hall–Kier alpha value is -1.60. The van der Waals surface area contributed by atoms with Gasteiger partial charge in [0.15, 0.2) is 0 Å². The maximum Gasteiger partial charge on any atom is 0.301 e. The highest BCUT2D eigenvalue weighted by molar-refractivity contribution is 7.90. The number of fused-ring (bicyclic) bond motifs is 1. The quantitative estimate of drug-likeness (QED) is 0.848. The van der Waals surface area contributed by atoms with Gasteiger partial charge in [0.25, 0.3) is 5.91 Å². The van der Waals surface area contributed by atoms with Crippen molar-refractivity contribution >= 4 is 21.8 Å². The molecule has 1 aliphatic rings. The summed E-state index contributed by atoms with van der Waals surface area (Å²) in [6.07, 6.45) is 0.621. The minimum absolute atomic E-state index is 0.161. The topological polar surface area (TPSA) is 78.5 Å². The molecule has 0 aliphatic carbocycles. The fourth-order valence-electron chi connectivity index (χ4n) is 1.95. The molecule has 19 heavy (non-hydrogen) atoms. The standard InChI is InChI=1S/C12H17N3O3S/c1-3-15(2)19(17,18)14-11-6-4-5-10-9(11)7-8-13-12(10)16/h4-6,14H,3,7-8H2,1-2H3,(H,13,16). The molecule has 0 fully saturated rings. The zero-order chi connectivity index (χ0) is 14.0. The molecule has 0 bridgehead atoms. The fourth-order valence-corrected chi connectivity index (χ4v) is 2.91. The van der Waals surface area contributed by atoms with Gasteiger partial charge in [0.2, 0.25) is 0 Å². The highest BCUT2D eigenvalue weighted by Crippen LogP contribution is 2.24. The molecule has 7 heteroatoms. The van der Waals surface area contributed by atoms with Gasteiger partial charge in [-0.05, 0) is 24.1 Å². The Morgan fingerprint density at radius 2 is 2.16 bits per heavy atom. The van der Waals surface area contributed by atoms with E-state index in [2.05, 4.69) is 10.0 Å². The third kappa shape index (κ3) is 2.71. The molecule has 0 saturated heterocycles. The first-order chi connectivity index (χ1) is 8.95. The van der Waals surface area contributed by atoms with Crippen molar-refractivity contribution in [3.05, 3.63) is 29.3 Å². The molecule has 1 amide bonds. The number of amides is 1. The molecular weight excluding hydrogens is 266 g/mol. The Labute approximate surface area is 113 Å². The molecule has 1 aliphatic heterocycles. The van der Waals surface area contributed by atoms with Crippen molar-refractivity contribution in [3.8, 4) is 0 Å². The first-order valence-electron chi connectivity index (χ1n) is 6.10. The Bertz CT molecular complexity index is 598. The van der Waals surface area contributed by atoms with E-state index in [1.165, 1.54) is 11.4 Å². The van der Waals surface area contributed by atoms with E-state index in [0.717, 1.165) is 5.56 Å². The van der Waals surface area contributed by atoms with E-state index >= 15 is 0 Å². The molecule has 1 heterocycles. The van der Waals surface area contributed by atoms with Crippen LogP contribution in [0.4, 0.5) is 5.69 Å². The largest absolute Gasteiger partial charge is 0.352 e. The van der Waals surface area contributed by atoms with Crippen LogP contribution in [0.25, 0.3) is 0 Å². The Morgan fingerprint density at radius 1 is 1.42 bits per heavy atom. The van der Waals surface area contributed by atoms with Crippen molar-refractivity contribution in [2.75, 3.05) is 24.9 Å². The first-order valence-corrected chi connectivity index (χ1v) is 7.54. The highest BCUT2D eigenvalue weighted by atomic mass is 32.2. The third-order valence-electron chi connectivity index (χ3n) is 3.18. The second-order valence-corrected chi connectivity index (χ2v) is 6.14. The second kappa shape index (κ2) is 5.18. The number of hydrogen-bond donors (Lipinski definition) is 2. The lowest BCUT2D eigenvalue weighted by molar-refractivity contribution is 0.0946. The van der Waals surface area contributed by atoms with Gasteiger partial charge in [0, 0.05) is 25.7 Å². The summed E-state index contributed by atoms with van der Waals surface area (Å²) in [5, 5.41) is 2.74. The molecule has 2 N–H and O–H groups in total. The number of carbonyl (C=O) groups excluding carboxylic acids is 1. The third-order valence-corrected chi connectivity index (χ3v) is 4.73. The molecule has 0 radical (unpaired) electrons. The van der Waals surface area contributed by atoms with Gasteiger partial charge >= 0.3 is 10.2 Å². The molecular formula is C12H17N3O3S. The zero-order valence-electron chi connectivity index (χ0n) is 10.9. The SMILES string of the molecule is CCN(C)S(=O)(=O)Nc1cccc2c1CCNC2=O. The van der Waals surface area contributed by atoms with Gasteiger partial charge in [0.05, 0.1) is 5.69 Å². The van der Waals surface area contributed by atoms with E-state index in [9.17, 15) is 13.2 Å². The summed E-state index contributed by atoms with van der Waals surface area (Å²) >= 11 is 0. The number of hydrogen-bond acceptors (Lipinski definition) is 3. The summed E-state index contributed by atoms with van der Waals surface area (Å²) in [5.41, 5.74) is 1.76. The van der Waals surface area contributed by atoms with Crippen LogP contribution in [0.2, 0.25) is 0 Å². The van der Waals surface area contributed by atoms with Crippen LogP contribution < -0.4 is 10.0 Å². The number of rotatable bonds is 4. The second-order valence-electron chi connectivity index (χ2n) is 4.36. The van der Waals surface area contributed by atoms with Gasteiger partial charge in [-0.3, -0.25) is 9.52 Å². The summed E-state index contributed by atoms with van der Waals surface area (Å²) in [6.45, 7) is 2.66. The van der Waals surface area contributed by atoms with Gasteiger partial charge in [-0.15, -0.1) is 0 Å². The summed E-state index contributed by atoms with van der Waals surface area (Å²) in [7, 11) is -2.06. The Balaban J connectivity index is 2.37. The van der Waals surface area contributed by atoms with Gasteiger partial charge in [-0.1, -0.05) is 13.0 Å². The number of nitrogens with one attached hydrogen (secondary N) is 2. The Morgan fingerprint density at radius 3 is 2.84 bits per heavy atom. The van der Waals surface area contributed by atoms with Crippen molar-refractivity contribution in [1.29, 1.82) is 0 Å². The summed E-state index contributed by atoms with van der Waals surface area (Å²) in [4.78, 5) is 11.7.